The number of benzene rings is 1. The number of hydrogen-bond acceptors (Lipinski definition) is 4. The Kier molecular flexibility index (Phi) is 3.22. The van der Waals surface area contributed by atoms with Crippen LogP contribution in [0.2, 0.25) is 0 Å². The fourth-order valence-corrected chi connectivity index (χ4v) is 3.56. The van der Waals surface area contributed by atoms with Crippen molar-refractivity contribution in [2.24, 2.45) is 5.92 Å². The van der Waals surface area contributed by atoms with Crippen molar-refractivity contribution in [2.75, 3.05) is 32.8 Å². The standard InChI is InChI=1S/C16H20N2O3/c19-16(17-13-10-18-5-3-11(13)4-6-18)12-1-2-14-15(9-12)21-8-7-20-14/h1-2,9,11,13H,3-8,10H2,(H,17,19)/t13-/m1/s1. The Hall–Kier alpha value is -1.75. The molecule has 0 radical (unpaired) electrons. The highest BCUT2D eigenvalue weighted by atomic mass is 16.6. The van der Waals surface area contributed by atoms with E-state index in [4.69, 9.17) is 9.47 Å². The van der Waals surface area contributed by atoms with Crippen LogP contribution in [0, 0.1) is 5.92 Å². The highest BCUT2D eigenvalue weighted by Gasteiger charge is 2.35. The molecular weight excluding hydrogens is 268 g/mol. The van der Waals surface area contributed by atoms with Crippen LogP contribution in [-0.4, -0.2) is 49.7 Å². The lowest BCUT2D eigenvalue weighted by Gasteiger charge is -2.44. The Morgan fingerprint density at radius 1 is 1.14 bits per heavy atom. The fraction of sp³-hybridized carbons (Fsp3) is 0.562. The molecule has 5 heteroatoms. The van der Waals surface area contributed by atoms with Gasteiger partial charge in [-0.1, -0.05) is 0 Å². The zero-order chi connectivity index (χ0) is 14.2. The van der Waals surface area contributed by atoms with E-state index in [0.29, 0.717) is 30.4 Å². The normalized spacial score (nSPS) is 30.0. The van der Waals surface area contributed by atoms with E-state index in [2.05, 4.69) is 10.2 Å². The van der Waals surface area contributed by atoms with Crippen LogP contribution in [0.15, 0.2) is 18.2 Å². The highest BCUT2D eigenvalue weighted by Crippen LogP contribution is 2.31. The van der Waals surface area contributed by atoms with Gasteiger partial charge in [0, 0.05) is 18.2 Å². The third-order valence-electron chi connectivity index (χ3n) is 4.78. The summed E-state index contributed by atoms with van der Waals surface area (Å²) in [6, 6.07) is 5.70. The summed E-state index contributed by atoms with van der Waals surface area (Å²) in [6.45, 7) is 4.46. The summed E-state index contributed by atoms with van der Waals surface area (Å²) in [7, 11) is 0. The quantitative estimate of drug-likeness (QED) is 0.891. The smallest absolute Gasteiger partial charge is 0.251 e. The first kappa shape index (κ1) is 13.0. The third-order valence-corrected chi connectivity index (χ3v) is 4.78. The predicted octanol–water partition coefficient (Wildman–Crippen LogP) is 1.28. The van der Waals surface area contributed by atoms with E-state index in [-0.39, 0.29) is 11.9 Å². The molecule has 5 rings (SSSR count). The number of carbonyl (C=O) groups is 1. The van der Waals surface area contributed by atoms with Gasteiger partial charge in [-0.3, -0.25) is 4.79 Å². The maximum absolute atomic E-state index is 12.4. The van der Waals surface area contributed by atoms with Crippen LogP contribution in [0.4, 0.5) is 0 Å². The second-order valence-corrected chi connectivity index (χ2v) is 6.08. The van der Waals surface area contributed by atoms with Crippen LogP contribution < -0.4 is 14.8 Å². The summed E-state index contributed by atoms with van der Waals surface area (Å²) in [5.74, 6) is 2.02. The van der Waals surface area contributed by atoms with Crippen LogP contribution >= 0.6 is 0 Å². The number of hydrogen-bond donors (Lipinski definition) is 1. The molecule has 112 valence electrons. The molecule has 0 aliphatic carbocycles. The van der Waals surface area contributed by atoms with E-state index in [1.54, 1.807) is 6.07 Å². The number of fused-ring (bicyclic) bond motifs is 4. The molecule has 0 spiro atoms. The average Bonchev–Trinajstić information content (AvgIpc) is 2.55. The van der Waals surface area contributed by atoms with Crippen LogP contribution in [0.25, 0.3) is 0 Å². The Bertz CT molecular complexity index is 552. The van der Waals surface area contributed by atoms with Crippen molar-refractivity contribution in [3.8, 4) is 11.5 Å². The first-order valence-corrected chi connectivity index (χ1v) is 7.72. The van der Waals surface area contributed by atoms with Gasteiger partial charge in [-0.25, -0.2) is 0 Å². The Balaban J connectivity index is 1.47. The summed E-state index contributed by atoms with van der Waals surface area (Å²) in [5, 5.41) is 3.20. The van der Waals surface area contributed by atoms with Crippen molar-refractivity contribution in [3.05, 3.63) is 23.8 Å². The van der Waals surface area contributed by atoms with Crippen molar-refractivity contribution in [1.82, 2.24) is 10.2 Å². The molecule has 4 heterocycles. The first-order chi connectivity index (χ1) is 10.3. The summed E-state index contributed by atoms with van der Waals surface area (Å²) in [6.07, 6.45) is 2.40. The van der Waals surface area contributed by atoms with Gasteiger partial charge in [0.2, 0.25) is 0 Å². The molecule has 3 fully saturated rings. The van der Waals surface area contributed by atoms with Gasteiger partial charge < -0.3 is 19.7 Å². The van der Waals surface area contributed by atoms with Crippen LogP contribution in [0.1, 0.15) is 23.2 Å². The number of rotatable bonds is 2. The van der Waals surface area contributed by atoms with Gasteiger partial charge in [-0.2, -0.15) is 0 Å². The molecular formula is C16H20N2O3. The molecule has 3 saturated heterocycles. The number of amides is 1. The monoisotopic (exact) mass is 288 g/mol. The molecule has 4 aliphatic rings. The van der Waals surface area contributed by atoms with Crippen molar-refractivity contribution < 1.29 is 14.3 Å². The molecule has 1 N–H and O–H groups in total. The molecule has 4 aliphatic heterocycles. The minimum Gasteiger partial charge on any atom is -0.486 e. The molecule has 1 aromatic rings. The fourth-order valence-electron chi connectivity index (χ4n) is 3.56. The second-order valence-electron chi connectivity index (χ2n) is 6.08. The van der Waals surface area contributed by atoms with Gasteiger partial charge in [-0.15, -0.1) is 0 Å². The molecule has 5 nitrogen and oxygen atoms in total. The van der Waals surface area contributed by atoms with Crippen LogP contribution in [0.3, 0.4) is 0 Å². The SMILES string of the molecule is O=C(N[C@@H]1CN2CCC1CC2)c1ccc2c(c1)OCCO2. The van der Waals surface area contributed by atoms with E-state index in [0.717, 1.165) is 12.3 Å². The topological polar surface area (TPSA) is 50.8 Å². The van der Waals surface area contributed by atoms with Gasteiger partial charge in [0.15, 0.2) is 11.5 Å². The van der Waals surface area contributed by atoms with E-state index >= 15 is 0 Å². The Morgan fingerprint density at radius 2 is 1.90 bits per heavy atom. The van der Waals surface area contributed by atoms with Gasteiger partial charge in [0.1, 0.15) is 13.2 Å². The minimum absolute atomic E-state index is 0.00859. The third kappa shape index (κ3) is 2.46. The van der Waals surface area contributed by atoms with Gasteiger partial charge in [0.25, 0.3) is 5.91 Å². The number of nitrogens with zero attached hydrogens (tertiary/aromatic N) is 1. The Morgan fingerprint density at radius 3 is 2.62 bits per heavy atom. The zero-order valence-electron chi connectivity index (χ0n) is 12.0. The van der Waals surface area contributed by atoms with E-state index < -0.39 is 0 Å². The maximum atomic E-state index is 12.4. The highest BCUT2D eigenvalue weighted by molar-refractivity contribution is 5.95. The molecule has 0 saturated carbocycles. The molecule has 1 amide bonds. The van der Waals surface area contributed by atoms with Crippen molar-refractivity contribution >= 4 is 5.91 Å². The molecule has 21 heavy (non-hydrogen) atoms. The largest absolute Gasteiger partial charge is 0.486 e. The van der Waals surface area contributed by atoms with Gasteiger partial charge in [-0.05, 0) is 50.0 Å². The van der Waals surface area contributed by atoms with Crippen molar-refractivity contribution in [2.45, 2.75) is 18.9 Å². The first-order valence-electron chi connectivity index (χ1n) is 7.72. The lowest BCUT2D eigenvalue weighted by molar-refractivity contribution is 0.0620. The van der Waals surface area contributed by atoms with Gasteiger partial charge in [0.05, 0.1) is 0 Å². The summed E-state index contributed by atoms with van der Waals surface area (Å²) >= 11 is 0. The van der Waals surface area contributed by atoms with E-state index in [9.17, 15) is 4.79 Å². The summed E-state index contributed by atoms with van der Waals surface area (Å²) in [4.78, 5) is 14.9. The number of piperidine rings is 3. The maximum Gasteiger partial charge on any atom is 0.251 e. The van der Waals surface area contributed by atoms with Gasteiger partial charge >= 0.3 is 0 Å². The molecule has 1 aromatic carbocycles. The Labute approximate surface area is 124 Å². The molecule has 2 bridgehead atoms. The number of ether oxygens (including phenoxy) is 2. The van der Waals surface area contributed by atoms with Crippen LogP contribution in [0.5, 0.6) is 11.5 Å². The van der Waals surface area contributed by atoms with E-state index in [1.165, 1.54) is 25.9 Å². The number of carbonyl (C=O) groups excluding carboxylic acids is 1. The summed E-state index contributed by atoms with van der Waals surface area (Å²) in [5.41, 5.74) is 0.649. The minimum atomic E-state index is -0.00859. The lowest BCUT2D eigenvalue weighted by atomic mass is 9.84. The van der Waals surface area contributed by atoms with Crippen molar-refractivity contribution in [3.63, 3.8) is 0 Å². The lowest BCUT2D eigenvalue weighted by Crippen LogP contribution is -2.57. The predicted molar refractivity (Wildman–Crippen MR) is 77.9 cm³/mol. The van der Waals surface area contributed by atoms with E-state index in [1.807, 2.05) is 12.1 Å². The average molecular weight is 288 g/mol. The number of nitrogens with one attached hydrogen (secondary N) is 1. The molecule has 0 aromatic heterocycles. The molecule has 1 atom stereocenters. The van der Waals surface area contributed by atoms with Crippen molar-refractivity contribution in [1.29, 1.82) is 0 Å². The van der Waals surface area contributed by atoms with Crippen LogP contribution in [-0.2, 0) is 0 Å². The molecule has 0 unspecified atom stereocenters. The summed E-state index contributed by atoms with van der Waals surface area (Å²) < 4.78 is 11.0. The second kappa shape index (κ2) is 5.22. The zero-order valence-corrected chi connectivity index (χ0v) is 12.0.